The van der Waals surface area contributed by atoms with Gasteiger partial charge in [0.15, 0.2) is 0 Å². The summed E-state index contributed by atoms with van der Waals surface area (Å²) < 4.78 is 0. The highest BCUT2D eigenvalue weighted by atomic mass is 14.6. The van der Waals surface area contributed by atoms with Gasteiger partial charge in [-0.1, -0.05) is 42.5 Å². The van der Waals surface area contributed by atoms with Crippen LogP contribution in [0.2, 0.25) is 0 Å². The number of fused-ring (bicyclic) bond motifs is 1. The first kappa shape index (κ1) is 11.1. The average molecular weight is 236 g/mol. The molecule has 3 aromatic rings. The van der Waals surface area contributed by atoms with Crippen molar-refractivity contribution in [2.24, 2.45) is 5.73 Å². The smallest absolute Gasteiger partial charge is 0.0227 e. The first-order valence-electron chi connectivity index (χ1n) is 6.20. The molecule has 0 radical (unpaired) electrons. The maximum Gasteiger partial charge on any atom is 0.0227 e. The lowest BCUT2D eigenvalue weighted by molar-refractivity contribution is 0.822. The lowest BCUT2D eigenvalue weighted by Crippen LogP contribution is -2.13. The van der Waals surface area contributed by atoms with E-state index in [1.54, 1.807) is 0 Å². The second-order valence-corrected chi connectivity index (χ2v) is 4.54. The molecule has 1 heterocycles. The van der Waals surface area contributed by atoms with Gasteiger partial charge in [-0.25, -0.2) is 0 Å². The number of aromatic nitrogens is 1. The Morgan fingerprint density at radius 1 is 0.944 bits per heavy atom. The van der Waals surface area contributed by atoms with Crippen LogP contribution in [0.25, 0.3) is 10.8 Å². The molecule has 2 heteroatoms. The number of rotatable bonds is 3. The molecular weight excluding hydrogens is 220 g/mol. The molecule has 2 aromatic carbocycles. The summed E-state index contributed by atoms with van der Waals surface area (Å²) in [6.07, 6.45) is 3.96. The molecule has 0 saturated carbocycles. The molecule has 0 aliphatic rings. The van der Waals surface area contributed by atoms with Crippen LogP contribution >= 0.6 is 0 Å². The van der Waals surface area contributed by atoms with E-state index in [2.05, 4.69) is 53.5 Å². The quantitative estimate of drug-likeness (QED) is 0.720. The summed E-state index contributed by atoms with van der Waals surface area (Å²) in [4.78, 5) is 3.10. The third-order valence-corrected chi connectivity index (χ3v) is 3.44. The molecule has 18 heavy (non-hydrogen) atoms. The van der Waals surface area contributed by atoms with E-state index in [0.29, 0.717) is 6.54 Å². The first-order valence-corrected chi connectivity index (χ1v) is 6.20. The maximum absolute atomic E-state index is 5.93. The second kappa shape index (κ2) is 4.67. The molecule has 0 amide bonds. The Hall–Kier alpha value is -2.06. The molecule has 2 nitrogen and oxygen atoms in total. The van der Waals surface area contributed by atoms with Crippen LogP contribution in [0, 0.1) is 0 Å². The van der Waals surface area contributed by atoms with E-state index in [1.165, 1.54) is 21.9 Å². The highest BCUT2D eigenvalue weighted by Gasteiger charge is 2.12. The van der Waals surface area contributed by atoms with Gasteiger partial charge in [0.25, 0.3) is 0 Å². The van der Waals surface area contributed by atoms with Crippen molar-refractivity contribution in [1.82, 2.24) is 4.98 Å². The summed E-state index contributed by atoms with van der Waals surface area (Å²) in [5.74, 6) is 0.265. The van der Waals surface area contributed by atoms with Gasteiger partial charge in [-0.05, 0) is 28.0 Å². The monoisotopic (exact) mass is 236 g/mol. The van der Waals surface area contributed by atoms with Crippen LogP contribution in [0.3, 0.4) is 0 Å². The van der Waals surface area contributed by atoms with Crippen LogP contribution in [0.4, 0.5) is 0 Å². The standard InChI is InChI=1S/C16H16N2/c17-10-16(15-7-8-18-11-15)14-6-5-12-3-1-2-4-13(12)9-14/h1-9,11,16,18H,10,17H2. The van der Waals surface area contributed by atoms with Gasteiger partial charge in [0.2, 0.25) is 0 Å². The normalized spacial score (nSPS) is 12.7. The van der Waals surface area contributed by atoms with Crippen LogP contribution in [0.5, 0.6) is 0 Å². The lowest BCUT2D eigenvalue weighted by atomic mass is 9.92. The maximum atomic E-state index is 5.93. The molecular formula is C16H16N2. The minimum Gasteiger partial charge on any atom is -0.367 e. The molecule has 0 aliphatic heterocycles. The molecule has 1 unspecified atom stereocenters. The highest BCUT2D eigenvalue weighted by Crippen LogP contribution is 2.26. The second-order valence-electron chi connectivity index (χ2n) is 4.54. The van der Waals surface area contributed by atoms with Crippen LogP contribution in [-0.4, -0.2) is 11.5 Å². The fourth-order valence-corrected chi connectivity index (χ4v) is 2.44. The van der Waals surface area contributed by atoms with Gasteiger partial charge in [0, 0.05) is 24.9 Å². The van der Waals surface area contributed by atoms with Gasteiger partial charge < -0.3 is 10.7 Å². The summed E-state index contributed by atoms with van der Waals surface area (Å²) in [5, 5.41) is 2.54. The highest BCUT2D eigenvalue weighted by molar-refractivity contribution is 5.83. The van der Waals surface area contributed by atoms with Gasteiger partial charge in [-0.3, -0.25) is 0 Å². The van der Waals surface area contributed by atoms with Crippen LogP contribution in [0.1, 0.15) is 17.0 Å². The van der Waals surface area contributed by atoms with E-state index in [1.807, 2.05) is 12.4 Å². The Morgan fingerprint density at radius 2 is 1.78 bits per heavy atom. The Kier molecular flexibility index (Phi) is 2.87. The van der Waals surface area contributed by atoms with Crippen molar-refractivity contribution < 1.29 is 0 Å². The van der Waals surface area contributed by atoms with Crippen molar-refractivity contribution in [3.05, 3.63) is 72.1 Å². The zero-order chi connectivity index (χ0) is 12.4. The molecule has 0 bridgehead atoms. The molecule has 1 atom stereocenters. The zero-order valence-corrected chi connectivity index (χ0v) is 10.1. The third kappa shape index (κ3) is 1.91. The number of hydrogen-bond donors (Lipinski definition) is 2. The fraction of sp³-hybridized carbons (Fsp3) is 0.125. The van der Waals surface area contributed by atoms with E-state index in [0.717, 1.165) is 0 Å². The summed E-state index contributed by atoms with van der Waals surface area (Å²) in [7, 11) is 0. The lowest BCUT2D eigenvalue weighted by Gasteiger charge is -2.14. The predicted octanol–water partition coefficient (Wildman–Crippen LogP) is 3.26. The number of H-pyrrole nitrogens is 1. The minimum atomic E-state index is 0.265. The van der Waals surface area contributed by atoms with E-state index in [-0.39, 0.29) is 5.92 Å². The fourth-order valence-electron chi connectivity index (χ4n) is 2.44. The molecule has 0 fully saturated rings. The van der Waals surface area contributed by atoms with Crippen LogP contribution in [-0.2, 0) is 0 Å². The van der Waals surface area contributed by atoms with Crippen LogP contribution < -0.4 is 5.73 Å². The van der Waals surface area contributed by atoms with E-state index in [4.69, 9.17) is 5.73 Å². The predicted molar refractivity (Wildman–Crippen MR) is 75.6 cm³/mol. The molecule has 3 N–H and O–H groups in total. The summed E-state index contributed by atoms with van der Waals surface area (Å²) in [5.41, 5.74) is 8.44. The van der Waals surface area contributed by atoms with Gasteiger partial charge >= 0.3 is 0 Å². The topological polar surface area (TPSA) is 41.8 Å². The largest absolute Gasteiger partial charge is 0.367 e. The van der Waals surface area contributed by atoms with Gasteiger partial charge in [0.05, 0.1) is 0 Å². The number of hydrogen-bond acceptors (Lipinski definition) is 1. The van der Waals surface area contributed by atoms with E-state index < -0.39 is 0 Å². The molecule has 0 saturated heterocycles. The first-order chi connectivity index (χ1) is 8.88. The summed E-state index contributed by atoms with van der Waals surface area (Å²) >= 11 is 0. The number of benzene rings is 2. The molecule has 0 aliphatic carbocycles. The van der Waals surface area contributed by atoms with Gasteiger partial charge in [-0.2, -0.15) is 0 Å². The number of nitrogens with two attached hydrogens (primary N) is 1. The molecule has 1 aromatic heterocycles. The van der Waals surface area contributed by atoms with Crippen molar-refractivity contribution in [1.29, 1.82) is 0 Å². The molecule has 3 rings (SSSR count). The SMILES string of the molecule is NCC(c1cc[nH]c1)c1ccc2ccccc2c1. The van der Waals surface area contributed by atoms with Crippen molar-refractivity contribution in [2.75, 3.05) is 6.54 Å². The minimum absolute atomic E-state index is 0.265. The Balaban J connectivity index is 2.07. The van der Waals surface area contributed by atoms with Gasteiger partial charge in [0.1, 0.15) is 0 Å². The number of aromatic amines is 1. The van der Waals surface area contributed by atoms with Gasteiger partial charge in [-0.15, -0.1) is 0 Å². The van der Waals surface area contributed by atoms with Crippen LogP contribution in [0.15, 0.2) is 60.9 Å². The summed E-state index contributed by atoms with van der Waals surface area (Å²) in [6, 6.07) is 17.1. The van der Waals surface area contributed by atoms with Crippen molar-refractivity contribution >= 4 is 10.8 Å². The van der Waals surface area contributed by atoms with E-state index >= 15 is 0 Å². The Bertz CT molecular complexity index is 641. The van der Waals surface area contributed by atoms with E-state index in [9.17, 15) is 0 Å². The molecule has 0 spiro atoms. The Morgan fingerprint density at radius 3 is 2.50 bits per heavy atom. The number of nitrogens with one attached hydrogen (secondary N) is 1. The Labute approximate surface area is 106 Å². The average Bonchev–Trinajstić information content (AvgIpc) is 2.93. The van der Waals surface area contributed by atoms with Crippen molar-refractivity contribution in [3.63, 3.8) is 0 Å². The molecule has 90 valence electrons. The zero-order valence-electron chi connectivity index (χ0n) is 10.1. The van der Waals surface area contributed by atoms with Crippen molar-refractivity contribution in [2.45, 2.75) is 5.92 Å². The summed E-state index contributed by atoms with van der Waals surface area (Å²) in [6.45, 7) is 0.621. The third-order valence-electron chi connectivity index (χ3n) is 3.44. The van der Waals surface area contributed by atoms with Crippen molar-refractivity contribution in [3.8, 4) is 0 Å².